The van der Waals surface area contributed by atoms with Gasteiger partial charge in [-0.3, -0.25) is 0 Å². The van der Waals surface area contributed by atoms with Crippen molar-refractivity contribution in [3.8, 4) is 5.75 Å². The van der Waals surface area contributed by atoms with Gasteiger partial charge in [0.25, 0.3) is 0 Å². The quantitative estimate of drug-likeness (QED) is 0.588. The number of aromatic hydroxyl groups is 1. The minimum atomic E-state index is -0.431. The Morgan fingerprint density at radius 1 is 1.29 bits per heavy atom. The molecule has 1 aromatic carbocycles. The van der Waals surface area contributed by atoms with Gasteiger partial charge < -0.3 is 9.52 Å². The number of thiophene rings is 1. The van der Waals surface area contributed by atoms with Crippen molar-refractivity contribution in [2.45, 2.75) is 13.3 Å². The minimum absolute atomic E-state index is 0.0535. The van der Waals surface area contributed by atoms with E-state index in [1.54, 1.807) is 24.3 Å². The second kappa shape index (κ2) is 5.14. The van der Waals surface area contributed by atoms with Crippen LogP contribution in [0.25, 0.3) is 11.0 Å². The zero-order chi connectivity index (χ0) is 15.0. The molecule has 0 saturated heterocycles. The van der Waals surface area contributed by atoms with Crippen LogP contribution in [0.3, 0.4) is 0 Å². The van der Waals surface area contributed by atoms with Crippen LogP contribution in [-0.2, 0) is 6.42 Å². The van der Waals surface area contributed by atoms with Crippen molar-refractivity contribution in [1.29, 1.82) is 0 Å². The minimum Gasteiger partial charge on any atom is -0.508 e. The first-order valence-corrected chi connectivity index (χ1v) is 7.07. The Morgan fingerprint density at radius 3 is 2.81 bits per heavy atom. The Hall–Kier alpha value is -2.47. The second-order valence-electron chi connectivity index (χ2n) is 4.68. The highest BCUT2D eigenvalue weighted by molar-refractivity contribution is 7.15. The van der Waals surface area contributed by atoms with Crippen LogP contribution in [0.5, 0.6) is 5.75 Å². The van der Waals surface area contributed by atoms with Crippen LogP contribution in [0.15, 0.2) is 44.7 Å². The number of hydrogen-bond donors (Lipinski definition) is 1. The predicted octanol–water partition coefficient (Wildman–Crippen LogP) is 3.86. The maximum absolute atomic E-state index is 12.1. The van der Waals surface area contributed by atoms with Crippen LogP contribution < -0.4 is 5.63 Å². The number of aryl methyl sites for hydroxylation is 1. The highest BCUT2D eigenvalue weighted by Gasteiger charge is 2.13. The summed E-state index contributed by atoms with van der Waals surface area (Å²) in [6.07, 6.45) is 0.394. The lowest BCUT2D eigenvalue weighted by Crippen LogP contribution is -2.10. The summed E-state index contributed by atoms with van der Waals surface area (Å²) in [5, 5.41) is 13.5. The zero-order valence-electron chi connectivity index (χ0n) is 11.1. The molecule has 3 rings (SSSR count). The first-order chi connectivity index (χ1) is 10.1. The van der Waals surface area contributed by atoms with Gasteiger partial charge in [-0.05, 0) is 41.9 Å². The van der Waals surface area contributed by atoms with Gasteiger partial charge in [-0.2, -0.15) is 0 Å². The van der Waals surface area contributed by atoms with Crippen LogP contribution in [0.4, 0.5) is 5.00 Å². The third kappa shape index (κ3) is 2.45. The molecule has 0 atom stereocenters. The van der Waals surface area contributed by atoms with Crippen LogP contribution >= 0.6 is 11.3 Å². The molecule has 0 aliphatic rings. The highest BCUT2D eigenvalue weighted by Crippen LogP contribution is 2.28. The van der Waals surface area contributed by atoms with Crippen molar-refractivity contribution in [3.63, 3.8) is 0 Å². The molecule has 0 fully saturated rings. The SMILES string of the molecule is Cc1c(Cc2ccc(N=O)s2)c(=O)oc2cc(O)ccc12. The molecule has 6 heteroatoms. The zero-order valence-corrected chi connectivity index (χ0v) is 11.9. The largest absolute Gasteiger partial charge is 0.508 e. The maximum atomic E-state index is 12.1. The van der Waals surface area contributed by atoms with Crippen LogP contribution in [0.2, 0.25) is 0 Å². The van der Waals surface area contributed by atoms with Gasteiger partial charge in [-0.1, -0.05) is 0 Å². The van der Waals surface area contributed by atoms with Crippen molar-refractivity contribution in [2.24, 2.45) is 5.18 Å². The molecule has 0 saturated carbocycles. The summed E-state index contributed by atoms with van der Waals surface area (Å²) in [6, 6.07) is 8.11. The van der Waals surface area contributed by atoms with Gasteiger partial charge >= 0.3 is 5.63 Å². The molecule has 0 spiro atoms. The molecule has 0 unspecified atom stereocenters. The third-order valence-corrected chi connectivity index (χ3v) is 4.32. The summed E-state index contributed by atoms with van der Waals surface area (Å²) >= 11 is 1.25. The lowest BCUT2D eigenvalue weighted by atomic mass is 10.0. The van der Waals surface area contributed by atoms with Gasteiger partial charge in [-0.25, -0.2) is 4.79 Å². The van der Waals surface area contributed by atoms with E-state index in [-0.39, 0.29) is 5.75 Å². The molecule has 1 N–H and O–H groups in total. The number of hydrogen-bond acceptors (Lipinski definition) is 6. The summed E-state index contributed by atoms with van der Waals surface area (Å²) in [4.78, 5) is 23.5. The Bertz CT molecular complexity index is 894. The molecule has 21 heavy (non-hydrogen) atoms. The summed E-state index contributed by atoms with van der Waals surface area (Å²) < 4.78 is 5.26. The monoisotopic (exact) mass is 301 g/mol. The van der Waals surface area contributed by atoms with Crippen LogP contribution in [0, 0.1) is 11.8 Å². The maximum Gasteiger partial charge on any atom is 0.340 e. The van der Waals surface area contributed by atoms with Gasteiger partial charge in [0.2, 0.25) is 0 Å². The number of phenolic OH excluding ortho intramolecular Hbond substituents is 1. The average Bonchev–Trinajstić information content (AvgIpc) is 2.91. The van der Waals surface area contributed by atoms with Crippen molar-refractivity contribution in [1.82, 2.24) is 0 Å². The average molecular weight is 301 g/mol. The molecule has 5 nitrogen and oxygen atoms in total. The molecule has 0 radical (unpaired) electrons. The van der Waals surface area contributed by atoms with Crippen molar-refractivity contribution >= 4 is 27.3 Å². The third-order valence-electron chi connectivity index (χ3n) is 3.36. The van der Waals surface area contributed by atoms with Crippen molar-refractivity contribution < 1.29 is 9.52 Å². The van der Waals surface area contributed by atoms with Crippen molar-refractivity contribution in [3.05, 3.63) is 61.7 Å². The summed E-state index contributed by atoms with van der Waals surface area (Å²) in [5.41, 5.74) is 1.30. The number of benzene rings is 1. The summed E-state index contributed by atoms with van der Waals surface area (Å²) in [5.74, 6) is 0.0535. The van der Waals surface area contributed by atoms with E-state index in [4.69, 9.17) is 4.42 Å². The van der Waals surface area contributed by atoms with Gasteiger partial charge in [0.05, 0.1) is 0 Å². The lowest BCUT2D eigenvalue weighted by Gasteiger charge is -2.07. The molecule has 0 bridgehead atoms. The summed E-state index contributed by atoms with van der Waals surface area (Å²) in [6.45, 7) is 1.85. The molecular weight excluding hydrogens is 290 g/mol. The Labute approximate surface area is 123 Å². The first kappa shape index (κ1) is 13.5. The Balaban J connectivity index is 2.12. The van der Waals surface area contributed by atoms with Gasteiger partial charge in [0.15, 0.2) is 5.00 Å². The number of nitrogens with zero attached hydrogens (tertiary/aromatic N) is 1. The number of fused-ring (bicyclic) bond motifs is 1. The highest BCUT2D eigenvalue weighted by atomic mass is 32.1. The number of nitroso groups, excluding NO2 is 1. The van der Waals surface area contributed by atoms with E-state index in [0.29, 0.717) is 22.6 Å². The van der Waals surface area contributed by atoms with Gasteiger partial charge in [0.1, 0.15) is 11.3 Å². The van der Waals surface area contributed by atoms with E-state index in [9.17, 15) is 14.8 Å². The molecule has 0 aliphatic carbocycles. The molecule has 2 aromatic heterocycles. The van der Waals surface area contributed by atoms with E-state index in [1.807, 2.05) is 6.92 Å². The second-order valence-corrected chi connectivity index (χ2v) is 5.83. The fourth-order valence-electron chi connectivity index (χ4n) is 2.27. The Morgan fingerprint density at radius 2 is 2.10 bits per heavy atom. The number of phenols is 1. The van der Waals surface area contributed by atoms with Crippen molar-refractivity contribution in [2.75, 3.05) is 0 Å². The molecule has 0 aliphatic heterocycles. The van der Waals surface area contributed by atoms with Gasteiger partial charge in [0, 0.05) is 28.3 Å². The molecule has 106 valence electrons. The van der Waals surface area contributed by atoms with E-state index in [2.05, 4.69) is 5.18 Å². The molecule has 0 amide bonds. The fourth-order valence-corrected chi connectivity index (χ4v) is 3.07. The predicted molar refractivity (Wildman–Crippen MR) is 81.5 cm³/mol. The first-order valence-electron chi connectivity index (χ1n) is 6.26. The molecule has 3 aromatic rings. The molecular formula is C15H11NO4S. The topological polar surface area (TPSA) is 79.9 Å². The Kier molecular flexibility index (Phi) is 3.31. The normalized spacial score (nSPS) is 10.9. The molecule has 2 heterocycles. The smallest absolute Gasteiger partial charge is 0.340 e. The lowest BCUT2D eigenvalue weighted by molar-refractivity contribution is 0.472. The summed E-state index contributed by atoms with van der Waals surface area (Å²) in [7, 11) is 0. The van der Waals surface area contributed by atoms with E-state index in [0.717, 1.165) is 15.8 Å². The van der Waals surface area contributed by atoms with E-state index in [1.165, 1.54) is 17.4 Å². The van der Waals surface area contributed by atoms with E-state index >= 15 is 0 Å². The van der Waals surface area contributed by atoms with E-state index < -0.39 is 5.63 Å². The van der Waals surface area contributed by atoms with Crippen LogP contribution in [-0.4, -0.2) is 5.11 Å². The fraction of sp³-hybridized carbons (Fsp3) is 0.133. The van der Waals surface area contributed by atoms with Crippen LogP contribution in [0.1, 0.15) is 16.0 Å². The number of rotatable bonds is 3. The van der Waals surface area contributed by atoms with Gasteiger partial charge in [-0.15, -0.1) is 16.2 Å². The standard InChI is InChI=1S/C15H11NO4S/c1-8-11-4-2-9(17)6-13(11)20-15(18)12(8)7-10-3-5-14(16-19)21-10/h2-6,17H,7H2,1H3.